The summed E-state index contributed by atoms with van der Waals surface area (Å²) in [6.45, 7) is 1.90. The first-order valence-electron chi connectivity index (χ1n) is 6.16. The van der Waals surface area contributed by atoms with Gasteiger partial charge in [0.15, 0.2) is 0 Å². The molecule has 0 aliphatic heterocycles. The lowest BCUT2D eigenvalue weighted by Crippen LogP contribution is -2.05. The van der Waals surface area contributed by atoms with Crippen molar-refractivity contribution < 1.29 is 14.5 Å². The number of hydrogen-bond donors (Lipinski definition) is 0. The van der Waals surface area contributed by atoms with Crippen LogP contribution in [0, 0.1) is 10.1 Å². The Morgan fingerprint density at radius 3 is 2.81 bits per heavy atom. The quantitative estimate of drug-likeness (QED) is 0.479. The predicted octanol–water partition coefficient (Wildman–Crippen LogP) is 3.32. The number of hydrogen-bond acceptors (Lipinski definition) is 6. The Bertz CT molecular complexity index is 661. The van der Waals surface area contributed by atoms with E-state index in [-0.39, 0.29) is 17.9 Å². The van der Waals surface area contributed by atoms with E-state index >= 15 is 0 Å². The number of rotatable bonds is 5. The molecule has 0 bridgehead atoms. The molecule has 0 saturated heterocycles. The van der Waals surface area contributed by atoms with Crippen LogP contribution in [-0.4, -0.2) is 22.5 Å². The molecule has 108 valence electrons. The topological polar surface area (TPSA) is 82.3 Å². The zero-order chi connectivity index (χ0) is 15.2. The van der Waals surface area contributed by atoms with Crippen molar-refractivity contribution in [1.82, 2.24) is 4.98 Å². The van der Waals surface area contributed by atoms with Crippen LogP contribution >= 0.6 is 11.8 Å². The van der Waals surface area contributed by atoms with Gasteiger partial charge in [-0.1, -0.05) is 17.8 Å². The molecule has 0 aliphatic rings. The standard InChI is InChI=1S/C14H12N2O4S/c1-2-20-14(17)10-6-7-12(11(9-10)16(18)19)21-13-5-3-4-8-15-13/h3-9H,2H2,1H3. The SMILES string of the molecule is CCOC(=O)c1ccc(Sc2ccccn2)c([N+](=O)[O-])c1. The minimum absolute atomic E-state index is 0.142. The summed E-state index contributed by atoms with van der Waals surface area (Å²) in [5, 5.41) is 11.8. The molecule has 1 heterocycles. The lowest BCUT2D eigenvalue weighted by Gasteiger charge is -2.05. The molecule has 1 aromatic carbocycles. The fourth-order valence-corrected chi connectivity index (χ4v) is 2.47. The molecule has 0 radical (unpaired) electrons. The molecule has 2 aromatic rings. The molecule has 21 heavy (non-hydrogen) atoms. The molecular formula is C14H12N2O4S. The maximum absolute atomic E-state index is 11.6. The van der Waals surface area contributed by atoms with Gasteiger partial charge in [0.05, 0.1) is 22.0 Å². The largest absolute Gasteiger partial charge is 0.462 e. The smallest absolute Gasteiger partial charge is 0.338 e. The van der Waals surface area contributed by atoms with Crippen molar-refractivity contribution >= 4 is 23.4 Å². The second-order valence-corrected chi connectivity index (χ2v) is 4.99. The van der Waals surface area contributed by atoms with Crippen LogP contribution in [0.1, 0.15) is 17.3 Å². The number of nitro groups is 1. The summed E-state index contributed by atoms with van der Waals surface area (Å²) in [4.78, 5) is 26.8. The van der Waals surface area contributed by atoms with Gasteiger partial charge in [-0.05, 0) is 31.2 Å². The Morgan fingerprint density at radius 1 is 1.38 bits per heavy atom. The van der Waals surface area contributed by atoms with E-state index in [1.165, 1.54) is 30.0 Å². The number of nitro benzene ring substituents is 1. The minimum atomic E-state index is -0.574. The van der Waals surface area contributed by atoms with E-state index in [0.29, 0.717) is 9.92 Å². The van der Waals surface area contributed by atoms with Crippen molar-refractivity contribution in [1.29, 1.82) is 0 Å². The van der Waals surface area contributed by atoms with Gasteiger partial charge in [0.25, 0.3) is 5.69 Å². The number of carbonyl (C=O) groups is 1. The third kappa shape index (κ3) is 3.79. The third-order valence-electron chi connectivity index (χ3n) is 2.52. The fraction of sp³-hybridized carbons (Fsp3) is 0.143. The van der Waals surface area contributed by atoms with Crippen molar-refractivity contribution in [3.05, 3.63) is 58.3 Å². The van der Waals surface area contributed by atoms with Crippen molar-refractivity contribution in [2.75, 3.05) is 6.61 Å². The normalized spacial score (nSPS) is 10.1. The van der Waals surface area contributed by atoms with Crippen LogP contribution in [-0.2, 0) is 4.74 Å². The maximum Gasteiger partial charge on any atom is 0.338 e. The maximum atomic E-state index is 11.6. The van der Waals surface area contributed by atoms with E-state index in [2.05, 4.69) is 4.98 Å². The number of carbonyl (C=O) groups excluding carboxylic acids is 1. The lowest BCUT2D eigenvalue weighted by molar-refractivity contribution is -0.387. The van der Waals surface area contributed by atoms with E-state index < -0.39 is 10.9 Å². The summed E-state index contributed by atoms with van der Waals surface area (Å²) >= 11 is 1.17. The second-order valence-electron chi connectivity index (χ2n) is 3.93. The van der Waals surface area contributed by atoms with Gasteiger partial charge in [-0.25, -0.2) is 9.78 Å². The average molecular weight is 304 g/mol. The molecule has 0 saturated carbocycles. The van der Waals surface area contributed by atoms with Crippen LogP contribution in [0.4, 0.5) is 5.69 Å². The van der Waals surface area contributed by atoms with E-state index in [4.69, 9.17) is 4.74 Å². The van der Waals surface area contributed by atoms with Gasteiger partial charge in [-0.3, -0.25) is 10.1 Å². The Labute approximate surface area is 125 Å². The zero-order valence-corrected chi connectivity index (χ0v) is 12.0. The van der Waals surface area contributed by atoms with Gasteiger partial charge in [0.2, 0.25) is 0 Å². The summed E-state index contributed by atoms with van der Waals surface area (Å²) in [6, 6.07) is 9.59. The summed E-state index contributed by atoms with van der Waals surface area (Å²) in [5.74, 6) is -0.574. The molecule has 0 aliphatic carbocycles. The highest BCUT2D eigenvalue weighted by Crippen LogP contribution is 2.34. The number of pyridine rings is 1. The summed E-state index contributed by atoms with van der Waals surface area (Å²) in [6.07, 6.45) is 1.61. The molecule has 0 spiro atoms. The molecule has 0 amide bonds. The Morgan fingerprint density at radius 2 is 2.19 bits per heavy atom. The van der Waals surface area contributed by atoms with Crippen molar-refractivity contribution in [2.45, 2.75) is 16.8 Å². The molecule has 0 N–H and O–H groups in total. The Hall–Kier alpha value is -2.41. The number of nitrogens with zero attached hydrogens (tertiary/aromatic N) is 2. The number of aromatic nitrogens is 1. The molecule has 1 aromatic heterocycles. The molecule has 0 unspecified atom stereocenters. The highest BCUT2D eigenvalue weighted by atomic mass is 32.2. The van der Waals surface area contributed by atoms with Gasteiger partial charge in [-0.15, -0.1) is 0 Å². The van der Waals surface area contributed by atoms with E-state index in [9.17, 15) is 14.9 Å². The average Bonchev–Trinajstić information content (AvgIpc) is 2.48. The molecular weight excluding hydrogens is 292 g/mol. The second kappa shape index (κ2) is 6.85. The fourth-order valence-electron chi connectivity index (χ4n) is 1.61. The molecule has 0 fully saturated rings. The number of esters is 1. The molecule has 0 atom stereocenters. The molecule has 6 nitrogen and oxygen atoms in total. The van der Waals surface area contributed by atoms with Crippen LogP contribution in [0.15, 0.2) is 52.5 Å². The first kappa shape index (κ1) is 15.0. The van der Waals surface area contributed by atoms with Crippen molar-refractivity contribution in [2.24, 2.45) is 0 Å². The van der Waals surface area contributed by atoms with Crippen LogP contribution in [0.2, 0.25) is 0 Å². The Balaban J connectivity index is 2.34. The summed E-state index contributed by atoms with van der Waals surface area (Å²) in [5.41, 5.74) is 0.0186. The Kier molecular flexibility index (Phi) is 4.89. The third-order valence-corrected chi connectivity index (χ3v) is 3.53. The highest BCUT2D eigenvalue weighted by Gasteiger charge is 2.19. The first-order chi connectivity index (χ1) is 10.1. The first-order valence-corrected chi connectivity index (χ1v) is 6.98. The molecule has 2 rings (SSSR count). The number of ether oxygens (including phenoxy) is 1. The lowest BCUT2D eigenvalue weighted by atomic mass is 10.2. The zero-order valence-electron chi connectivity index (χ0n) is 11.2. The van der Waals surface area contributed by atoms with Gasteiger partial charge < -0.3 is 4.74 Å². The van der Waals surface area contributed by atoms with Crippen LogP contribution in [0.5, 0.6) is 0 Å². The summed E-state index contributed by atoms with van der Waals surface area (Å²) in [7, 11) is 0. The van der Waals surface area contributed by atoms with Gasteiger partial charge in [-0.2, -0.15) is 0 Å². The van der Waals surface area contributed by atoms with Crippen molar-refractivity contribution in [3.8, 4) is 0 Å². The van der Waals surface area contributed by atoms with E-state index in [0.717, 1.165) is 0 Å². The van der Waals surface area contributed by atoms with Gasteiger partial charge in [0, 0.05) is 12.3 Å². The predicted molar refractivity (Wildman–Crippen MR) is 77.4 cm³/mol. The van der Waals surface area contributed by atoms with E-state index in [1.54, 1.807) is 31.3 Å². The van der Waals surface area contributed by atoms with Gasteiger partial charge >= 0.3 is 5.97 Å². The summed E-state index contributed by atoms with van der Waals surface area (Å²) < 4.78 is 4.84. The highest BCUT2D eigenvalue weighted by molar-refractivity contribution is 7.99. The van der Waals surface area contributed by atoms with E-state index in [1.807, 2.05) is 0 Å². The van der Waals surface area contributed by atoms with Crippen LogP contribution in [0.25, 0.3) is 0 Å². The van der Waals surface area contributed by atoms with Gasteiger partial charge in [0.1, 0.15) is 5.03 Å². The van der Waals surface area contributed by atoms with Crippen molar-refractivity contribution in [3.63, 3.8) is 0 Å². The number of benzene rings is 1. The molecule has 7 heteroatoms. The minimum Gasteiger partial charge on any atom is -0.462 e. The van der Waals surface area contributed by atoms with Crippen LogP contribution < -0.4 is 0 Å². The van der Waals surface area contributed by atoms with Crippen LogP contribution in [0.3, 0.4) is 0 Å². The monoisotopic (exact) mass is 304 g/mol.